The van der Waals surface area contributed by atoms with Gasteiger partial charge >= 0.3 is 6.18 Å². The average Bonchev–Trinajstić information content (AvgIpc) is 2.16. The molecule has 1 rings (SSSR count). The molecule has 2 N–H and O–H groups in total. The van der Waals surface area contributed by atoms with Gasteiger partial charge < -0.3 is 5.73 Å². The molecule has 1 aliphatic rings. The SMILES string of the molecule is CC(N)C1CCCCN1CCCC(F)(F)F. The molecule has 0 aromatic heterocycles. The Morgan fingerprint density at radius 1 is 1.38 bits per heavy atom. The lowest BCUT2D eigenvalue weighted by Crippen LogP contribution is -2.49. The molecule has 0 saturated carbocycles. The fraction of sp³-hybridized carbons (Fsp3) is 1.00. The van der Waals surface area contributed by atoms with Crippen LogP contribution in [0.15, 0.2) is 0 Å². The first-order chi connectivity index (χ1) is 7.40. The zero-order chi connectivity index (χ0) is 12.2. The number of nitrogens with two attached hydrogens (primary N) is 1. The number of hydrogen-bond acceptors (Lipinski definition) is 2. The third-order valence-electron chi connectivity index (χ3n) is 3.18. The number of likely N-dealkylation sites (tertiary alicyclic amines) is 1. The van der Waals surface area contributed by atoms with Crippen LogP contribution < -0.4 is 5.73 Å². The van der Waals surface area contributed by atoms with Crippen molar-refractivity contribution < 1.29 is 13.2 Å². The predicted molar refractivity (Wildman–Crippen MR) is 58.2 cm³/mol. The number of hydrogen-bond donors (Lipinski definition) is 1. The standard InChI is InChI=1S/C11H21F3N2/c1-9(15)10-5-2-3-7-16(10)8-4-6-11(12,13)14/h9-10H,2-8,15H2,1H3. The number of nitrogens with zero attached hydrogens (tertiary/aromatic N) is 1. The van der Waals surface area contributed by atoms with E-state index >= 15 is 0 Å². The van der Waals surface area contributed by atoms with Crippen molar-refractivity contribution in [3.63, 3.8) is 0 Å². The smallest absolute Gasteiger partial charge is 0.327 e. The van der Waals surface area contributed by atoms with Crippen LogP contribution >= 0.6 is 0 Å². The van der Waals surface area contributed by atoms with E-state index in [1.165, 1.54) is 0 Å². The largest absolute Gasteiger partial charge is 0.389 e. The van der Waals surface area contributed by atoms with Gasteiger partial charge in [-0.05, 0) is 39.3 Å². The van der Waals surface area contributed by atoms with Crippen molar-refractivity contribution in [1.29, 1.82) is 0 Å². The third kappa shape index (κ3) is 4.70. The lowest BCUT2D eigenvalue weighted by molar-refractivity contribution is -0.136. The highest BCUT2D eigenvalue weighted by Gasteiger charge is 2.29. The highest BCUT2D eigenvalue weighted by molar-refractivity contribution is 4.83. The first-order valence-corrected chi connectivity index (χ1v) is 5.96. The summed E-state index contributed by atoms with van der Waals surface area (Å²) in [4.78, 5) is 2.12. The van der Waals surface area contributed by atoms with E-state index in [2.05, 4.69) is 4.90 Å². The van der Waals surface area contributed by atoms with E-state index in [4.69, 9.17) is 5.73 Å². The molecule has 2 nitrogen and oxygen atoms in total. The summed E-state index contributed by atoms with van der Waals surface area (Å²) < 4.78 is 36.1. The van der Waals surface area contributed by atoms with Crippen LogP contribution in [0.5, 0.6) is 0 Å². The molecule has 5 heteroatoms. The van der Waals surface area contributed by atoms with Crippen molar-refractivity contribution in [2.24, 2.45) is 5.73 Å². The van der Waals surface area contributed by atoms with Gasteiger partial charge in [0.05, 0.1) is 0 Å². The maximum atomic E-state index is 12.0. The molecule has 1 heterocycles. The van der Waals surface area contributed by atoms with Crippen molar-refractivity contribution in [3.8, 4) is 0 Å². The molecule has 0 bridgehead atoms. The predicted octanol–water partition coefficient (Wildman–Crippen LogP) is 2.53. The van der Waals surface area contributed by atoms with Gasteiger partial charge in [0.25, 0.3) is 0 Å². The van der Waals surface area contributed by atoms with E-state index in [0.717, 1.165) is 25.8 Å². The van der Waals surface area contributed by atoms with Crippen LogP contribution in [0, 0.1) is 0 Å². The molecule has 96 valence electrons. The molecule has 16 heavy (non-hydrogen) atoms. The van der Waals surface area contributed by atoms with Gasteiger partial charge in [0.1, 0.15) is 0 Å². The summed E-state index contributed by atoms with van der Waals surface area (Å²) in [5, 5.41) is 0. The Bertz CT molecular complexity index is 204. The Morgan fingerprint density at radius 2 is 2.06 bits per heavy atom. The molecule has 0 aromatic rings. The molecule has 0 spiro atoms. The number of rotatable bonds is 4. The lowest BCUT2D eigenvalue weighted by atomic mass is 9.96. The second-order valence-corrected chi connectivity index (χ2v) is 4.68. The monoisotopic (exact) mass is 238 g/mol. The molecular weight excluding hydrogens is 217 g/mol. The van der Waals surface area contributed by atoms with Crippen LogP contribution in [-0.4, -0.2) is 36.2 Å². The number of piperidine rings is 1. The topological polar surface area (TPSA) is 29.3 Å². The summed E-state index contributed by atoms with van der Waals surface area (Å²) in [5.41, 5.74) is 5.85. The quantitative estimate of drug-likeness (QED) is 0.815. The summed E-state index contributed by atoms with van der Waals surface area (Å²) in [6.07, 6.45) is -1.29. The Hall–Kier alpha value is -0.290. The molecule has 1 saturated heterocycles. The molecule has 2 atom stereocenters. The van der Waals surface area contributed by atoms with Crippen LogP contribution in [0.3, 0.4) is 0 Å². The van der Waals surface area contributed by atoms with Crippen LogP contribution in [-0.2, 0) is 0 Å². The van der Waals surface area contributed by atoms with Crippen molar-refractivity contribution in [2.45, 2.75) is 57.3 Å². The molecule has 1 aliphatic heterocycles. The first kappa shape index (κ1) is 13.8. The Labute approximate surface area is 95.0 Å². The van der Waals surface area contributed by atoms with E-state index in [9.17, 15) is 13.2 Å². The van der Waals surface area contributed by atoms with Gasteiger partial charge in [-0.1, -0.05) is 6.42 Å². The van der Waals surface area contributed by atoms with Crippen LogP contribution in [0.2, 0.25) is 0 Å². The Kier molecular flexibility index (Phi) is 5.05. The molecule has 0 amide bonds. The van der Waals surface area contributed by atoms with Gasteiger partial charge in [-0.25, -0.2) is 0 Å². The zero-order valence-electron chi connectivity index (χ0n) is 9.76. The van der Waals surface area contributed by atoms with Crippen molar-refractivity contribution in [2.75, 3.05) is 13.1 Å². The van der Waals surface area contributed by atoms with Crippen molar-refractivity contribution >= 4 is 0 Å². The molecule has 0 aliphatic carbocycles. The molecule has 2 unspecified atom stereocenters. The van der Waals surface area contributed by atoms with E-state index in [1.807, 2.05) is 6.92 Å². The maximum Gasteiger partial charge on any atom is 0.389 e. The van der Waals surface area contributed by atoms with Crippen LogP contribution in [0.25, 0.3) is 0 Å². The van der Waals surface area contributed by atoms with Crippen molar-refractivity contribution in [1.82, 2.24) is 4.90 Å². The Balaban J connectivity index is 2.33. The van der Waals surface area contributed by atoms with Gasteiger partial charge in [0.2, 0.25) is 0 Å². The minimum absolute atomic E-state index is 0.0474. The highest BCUT2D eigenvalue weighted by atomic mass is 19.4. The molecule has 0 aromatic carbocycles. The normalized spacial score (nSPS) is 25.7. The van der Waals surface area contributed by atoms with E-state index in [0.29, 0.717) is 6.54 Å². The van der Waals surface area contributed by atoms with E-state index < -0.39 is 12.6 Å². The molecule has 1 fully saturated rings. The van der Waals surface area contributed by atoms with Gasteiger partial charge in [-0.2, -0.15) is 13.2 Å². The third-order valence-corrected chi connectivity index (χ3v) is 3.18. The summed E-state index contributed by atoms with van der Waals surface area (Å²) >= 11 is 0. The van der Waals surface area contributed by atoms with Crippen LogP contribution in [0.4, 0.5) is 13.2 Å². The van der Waals surface area contributed by atoms with E-state index in [1.54, 1.807) is 0 Å². The molecule has 0 radical (unpaired) electrons. The number of alkyl halides is 3. The van der Waals surface area contributed by atoms with Gasteiger partial charge in [-0.3, -0.25) is 4.90 Å². The second-order valence-electron chi connectivity index (χ2n) is 4.68. The maximum absolute atomic E-state index is 12.0. The Morgan fingerprint density at radius 3 is 2.62 bits per heavy atom. The summed E-state index contributed by atoms with van der Waals surface area (Å²) in [6.45, 7) is 3.35. The minimum Gasteiger partial charge on any atom is -0.327 e. The summed E-state index contributed by atoms with van der Waals surface area (Å²) in [5.74, 6) is 0. The summed E-state index contributed by atoms with van der Waals surface area (Å²) in [7, 11) is 0. The fourth-order valence-electron chi connectivity index (χ4n) is 2.37. The number of halogens is 3. The highest BCUT2D eigenvalue weighted by Crippen LogP contribution is 2.24. The zero-order valence-corrected chi connectivity index (χ0v) is 9.76. The average molecular weight is 238 g/mol. The first-order valence-electron chi connectivity index (χ1n) is 5.96. The second kappa shape index (κ2) is 5.87. The van der Waals surface area contributed by atoms with Crippen molar-refractivity contribution in [3.05, 3.63) is 0 Å². The van der Waals surface area contributed by atoms with Gasteiger partial charge in [0.15, 0.2) is 0 Å². The van der Waals surface area contributed by atoms with Crippen LogP contribution in [0.1, 0.15) is 39.0 Å². The minimum atomic E-state index is -4.03. The van der Waals surface area contributed by atoms with E-state index in [-0.39, 0.29) is 18.5 Å². The fourth-order valence-corrected chi connectivity index (χ4v) is 2.37. The summed E-state index contributed by atoms with van der Waals surface area (Å²) in [6, 6.07) is 0.313. The van der Waals surface area contributed by atoms with Gasteiger partial charge in [0, 0.05) is 18.5 Å². The van der Waals surface area contributed by atoms with Gasteiger partial charge in [-0.15, -0.1) is 0 Å². The lowest BCUT2D eigenvalue weighted by Gasteiger charge is -2.38. The molecular formula is C11H21F3N2.